The van der Waals surface area contributed by atoms with Crippen LogP contribution in [0, 0.1) is 13.8 Å². The molecule has 1 N–H and O–H groups in total. The number of amides is 1. The van der Waals surface area contributed by atoms with Crippen LogP contribution in [0.3, 0.4) is 0 Å². The van der Waals surface area contributed by atoms with Crippen LogP contribution in [0.5, 0.6) is 6.01 Å². The number of aromatic amines is 1. The summed E-state index contributed by atoms with van der Waals surface area (Å²) < 4.78 is 7.73. The summed E-state index contributed by atoms with van der Waals surface area (Å²) in [5, 5.41) is 7.99. The number of H-pyrrole nitrogens is 1. The van der Waals surface area contributed by atoms with E-state index in [0.717, 1.165) is 41.5 Å². The minimum atomic E-state index is -0.300. The van der Waals surface area contributed by atoms with Crippen molar-refractivity contribution in [2.24, 2.45) is 0 Å². The van der Waals surface area contributed by atoms with Gasteiger partial charge in [0.1, 0.15) is 17.9 Å². The molecule has 2 aliphatic rings. The monoisotopic (exact) mass is 543 g/mol. The van der Waals surface area contributed by atoms with Gasteiger partial charge in [-0.25, -0.2) is 4.98 Å². The van der Waals surface area contributed by atoms with Gasteiger partial charge in [0.2, 0.25) is 5.91 Å². The van der Waals surface area contributed by atoms with Crippen LogP contribution in [0.15, 0.2) is 35.8 Å². The van der Waals surface area contributed by atoms with Gasteiger partial charge in [-0.2, -0.15) is 15.1 Å². The van der Waals surface area contributed by atoms with Gasteiger partial charge < -0.3 is 19.4 Å². The zero-order chi connectivity index (χ0) is 28.0. The van der Waals surface area contributed by atoms with Crippen molar-refractivity contribution < 1.29 is 9.53 Å². The number of carbonyl (C=O) groups is 1. The van der Waals surface area contributed by atoms with E-state index in [4.69, 9.17) is 14.7 Å². The van der Waals surface area contributed by atoms with E-state index in [2.05, 4.69) is 33.7 Å². The van der Waals surface area contributed by atoms with Crippen LogP contribution in [-0.2, 0) is 4.79 Å². The number of likely N-dealkylation sites (tertiary alicyclic amines) is 1. The van der Waals surface area contributed by atoms with Crippen LogP contribution in [0.25, 0.3) is 27.6 Å². The number of aromatic nitrogens is 6. The second-order valence-corrected chi connectivity index (χ2v) is 10.5. The van der Waals surface area contributed by atoms with E-state index in [1.807, 2.05) is 30.9 Å². The molecule has 3 aromatic heterocycles. The fraction of sp³-hybridized carbons (Fsp3) is 0.429. The topological polar surface area (TPSA) is 125 Å². The number of likely N-dealkylation sites (N-methyl/N-ethyl adjacent to an activating group) is 1. The third kappa shape index (κ3) is 4.47. The summed E-state index contributed by atoms with van der Waals surface area (Å²) in [6.45, 7) is 10.9. The summed E-state index contributed by atoms with van der Waals surface area (Å²) in [4.78, 5) is 46.7. The Bertz CT molecular complexity index is 1670. The number of piperazine rings is 1. The first-order valence-corrected chi connectivity index (χ1v) is 13.6. The van der Waals surface area contributed by atoms with Crippen molar-refractivity contribution in [3.8, 4) is 11.7 Å². The highest BCUT2D eigenvalue weighted by Gasteiger charge is 2.27. The molecule has 12 nitrogen and oxygen atoms in total. The van der Waals surface area contributed by atoms with Gasteiger partial charge in [-0.1, -0.05) is 12.6 Å². The molecule has 2 saturated heterocycles. The van der Waals surface area contributed by atoms with Crippen LogP contribution >= 0.6 is 0 Å². The molecule has 0 saturated carbocycles. The number of aryl methyl sites for hydroxylation is 2. The quantitative estimate of drug-likeness (QED) is 0.363. The van der Waals surface area contributed by atoms with Crippen molar-refractivity contribution in [1.82, 2.24) is 39.5 Å². The number of anilines is 1. The molecule has 5 heterocycles. The molecular formula is C28H33N9O3. The molecule has 2 fully saturated rings. The third-order valence-corrected chi connectivity index (χ3v) is 8.01. The number of benzene rings is 1. The lowest BCUT2D eigenvalue weighted by atomic mass is 10.1. The van der Waals surface area contributed by atoms with E-state index in [1.165, 1.54) is 6.08 Å². The number of nitrogens with zero attached hydrogens (tertiary/aromatic N) is 8. The van der Waals surface area contributed by atoms with Crippen molar-refractivity contribution in [3.05, 3.63) is 52.7 Å². The number of fused-ring (bicyclic) bond motifs is 2. The van der Waals surface area contributed by atoms with Crippen molar-refractivity contribution in [2.45, 2.75) is 32.7 Å². The Morgan fingerprint density at radius 3 is 2.65 bits per heavy atom. The second-order valence-electron chi connectivity index (χ2n) is 10.5. The Labute approximate surface area is 231 Å². The van der Waals surface area contributed by atoms with Gasteiger partial charge in [-0.15, -0.1) is 0 Å². The number of nitrogens with one attached hydrogen (secondary N) is 1. The fourth-order valence-electron chi connectivity index (χ4n) is 5.72. The van der Waals surface area contributed by atoms with Gasteiger partial charge in [0.25, 0.3) is 5.56 Å². The average Bonchev–Trinajstić information content (AvgIpc) is 3.61. The van der Waals surface area contributed by atoms with Gasteiger partial charge in [0, 0.05) is 37.6 Å². The molecule has 1 atom stereocenters. The smallest absolute Gasteiger partial charge is 0.319 e. The average molecular weight is 544 g/mol. The predicted octanol–water partition coefficient (Wildman–Crippen LogP) is 1.98. The summed E-state index contributed by atoms with van der Waals surface area (Å²) in [6.07, 6.45) is 5.21. The van der Waals surface area contributed by atoms with Crippen LogP contribution in [0.1, 0.15) is 24.2 Å². The molecule has 4 aromatic rings. The molecule has 208 valence electrons. The third-order valence-electron chi connectivity index (χ3n) is 8.01. The molecule has 0 unspecified atom stereocenters. The maximum atomic E-state index is 14.2. The second kappa shape index (κ2) is 10.3. The van der Waals surface area contributed by atoms with Crippen LogP contribution in [0.4, 0.5) is 5.82 Å². The molecule has 2 aliphatic heterocycles. The lowest BCUT2D eigenvalue weighted by molar-refractivity contribution is -0.126. The lowest BCUT2D eigenvalue weighted by Crippen LogP contribution is -2.48. The Hall–Kier alpha value is -4.32. The maximum Gasteiger partial charge on any atom is 0.319 e. The highest BCUT2D eigenvalue weighted by Crippen LogP contribution is 2.28. The molecule has 0 bridgehead atoms. The molecule has 40 heavy (non-hydrogen) atoms. The number of hydrogen-bond acceptors (Lipinski definition) is 9. The van der Waals surface area contributed by atoms with Gasteiger partial charge in [-0.05, 0) is 58.0 Å². The Kier molecular flexibility index (Phi) is 6.70. The van der Waals surface area contributed by atoms with Gasteiger partial charge in [0.05, 0.1) is 17.4 Å². The fourth-order valence-corrected chi connectivity index (χ4v) is 5.72. The summed E-state index contributed by atoms with van der Waals surface area (Å²) in [7, 11) is 2.09. The summed E-state index contributed by atoms with van der Waals surface area (Å²) >= 11 is 0. The van der Waals surface area contributed by atoms with Crippen molar-refractivity contribution in [1.29, 1.82) is 0 Å². The number of rotatable bonds is 6. The number of carbonyl (C=O) groups excluding carboxylic acids is 1. The van der Waals surface area contributed by atoms with E-state index in [-0.39, 0.29) is 29.0 Å². The summed E-state index contributed by atoms with van der Waals surface area (Å²) in [6, 6.07) is 4.32. The minimum absolute atomic E-state index is 0.0995. The van der Waals surface area contributed by atoms with Crippen molar-refractivity contribution in [2.75, 3.05) is 51.3 Å². The highest BCUT2D eigenvalue weighted by atomic mass is 16.5. The Morgan fingerprint density at radius 1 is 1.12 bits per heavy atom. The van der Waals surface area contributed by atoms with E-state index < -0.39 is 0 Å². The van der Waals surface area contributed by atoms with Crippen LogP contribution in [0.2, 0.25) is 0 Å². The molecule has 0 spiro atoms. The maximum absolute atomic E-state index is 14.2. The van der Waals surface area contributed by atoms with E-state index >= 15 is 0 Å². The van der Waals surface area contributed by atoms with E-state index in [1.54, 1.807) is 15.7 Å². The molecule has 1 amide bonds. The first-order chi connectivity index (χ1) is 19.4. The van der Waals surface area contributed by atoms with E-state index in [9.17, 15) is 9.59 Å². The SMILES string of the molecule is C=CC(=O)N1CCN(c2nc(OC[C@@H]3CCCN3C)nc3c(=O)n(-c4c(C)ccc5[nH]ncc45)c(C)nc23)CC1. The molecule has 0 aliphatic carbocycles. The van der Waals surface area contributed by atoms with Crippen LogP contribution < -0.4 is 15.2 Å². The minimum Gasteiger partial charge on any atom is -0.462 e. The number of ether oxygens (including phenoxy) is 1. The van der Waals surface area contributed by atoms with E-state index in [0.29, 0.717) is 49.9 Å². The number of hydrogen-bond donors (Lipinski definition) is 1. The molecular weight excluding hydrogens is 510 g/mol. The lowest BCUT2D eigenvalue weighted by Gasteiger charge is -2.35. The normalized spacial score (nSPS) is 18.1. The van der Waals surface area contributed by atoms with Gasteiger partial charge >= 0.3 is 6.01 Å². The first kappa shape index (κ1) is 25.9. The van der Waals surface area contributed by atoms with Crippen molar-refractivity contribution >= 4 is 33.7 Å². The van der Waals surface area contributed by atoms with Crippen LogP contribution in [-0.4, -0.2) is 97.8 Å². The molecule has 6 rings (SSSR count). The Balaban J connectivity index is 1.47. The first-order valence-electron chi connectivity index (χ1n) is 13.6. The van der Waals surface area contributed by atoms with Gasteiger partial charge in [0.15, 0.2) is 11.3 Å². The predicted molar refractivity (Wildman–Crippen MR) is 152 cm³/mol. The summed E-state index contributed by atoms with van der Waals surface area (Å²) in [5.41, 5.74) is 2.77. The van der Waals surface area contributed by atoms with Gasteiger partial charge in [-0.3, -0.25) is 19.3 Å². The Morgan fingerprint density at radius 2 is 1.93 bits per heavy atom. The largest absolute Gasteiger partial charge is 0.462 e. The molecule has 0 radical (unpaired) electrons. The molecule has 1 aromatic carbocycles. The molecule has 12 heteroatoms. The zero-order valence-corrected chi connectivity index (χ0v) is 23.1. The highest BCUT2D eigenvalue weighted by molar-refractivity contribution is 5.90. The van der Waals surface area contributed by atoms with Crippen molar-refractivity contribution in [3.63, 3.8) is 0 Å². The standard InChI is InChI=1S/C28H33N9O3/c1-5-22(38)35-11-13-36(14-12-35)26-23-24(31-28(32-26)40-16-19-7-6-10-34(19)4)27(39)37(18(3)30-23)25-17(2)8-9-21-20(25)15-29-33-21/h5,8-9,15,19H,1,6-7,10-14,16H2,2-4H3,(H,29,33)/t19-/m0/s1. The zero-order valence-electron chi connectivity index (χ0n) is 23.1. The summed E-state index contributed by atoms with van der Waals surface area (Å²) in [5.74, 6) is 0.953.